The molecule has 3 atom stereocenters. The number of esters is 1. The second kappa shape index (κ2) is 10.1. The molecule has 0 radical (unpaired) electrons. The first-order valence-electron chi connectivity index (χ1n) is 10.9. The van der Waals surface area contributed by atoms with Crippen LogP contribution in [0.5, 0.6) is 0 Å². The molecule has 0 aliphatic carbocycles. The number of nitrogens with two attached hydrogens (primary N) is 1. The van der Waals surface area contributed by atoms with Crippen LogP contribution in [0, 0.1) is 5.92 Å². The van der Waals surface area contributed by atoms with Crippen molar-refractivity contribution < 1.29 is 23.5 Å². The summed E-state index contributed by atoms with van der Waals surface area (Å²) in [5.41, 5.74) is 5.62. The van der Waals surface area contributed by atoms with Gasteiger partial charge in [-0.05, 0) is 31.6 Å². The van der Waals surface area contributed by atoms with Crippen LogP contribution >= 0.6 is 11.8 Å². The fourth-order valence-electron chi connectivity index (χ4n) is 3.56. The molecule has 32 heavy (non-hydrogen) atoms. The van der Waals surface area contributed by atoms with Crippen LogP contribution in [0.3, 0.4) is 0 Å². The lowest BCUT2D eigenvalue weighted by Gasteiger charge is -2.48. The molecule has 2 heterocycles. The molecule has 0 aromatic heterocycles. The predicted molar refractivity (Wildman–Crippen MR) is 129 cm³/mol. The van der Waals surface area contributed by atoms with Crippen LogP contribution < -0.4 is 5.73 Å². The second-order valence-electron chi connectivity index (χ2n) is 9.75. The van der Waals surface area contributed by atoms with Crippen molar-refractivity contribution in [2.24, 2.45) is 11.7 Å². The summed E-state index contributed by atoms with van der Waals surface area (Å²) in [6.45, 7) is 19.3. The Labute approximate surface area is 196 Å². The number of β-lactam (4-membered cyclic amide) rings is 1. The highest BCUT2D eigenvalue weighted by molar-refractivity contribution is 8.04. The van der Waals surface area contributed by atoms with Crippen molar-refractivity contribution in [3.63, 3.8) is 0 Å². The van der Waals surface area contributed by atoms with Crippen LogP contribution in [0.2, 0.25) is 18.1 Å². The van der Waals surface area contributed by atoms with Gasteiger partial charge in [-0.15, -0.1) is 11.8 Å². The van der Waals surface area contributed by atoms with Gasteiger partial charge in [0.1, 0.15) is 17.7 Å². The molecule has 1 saturated heterocycles. The van der Waals surface area contributed by atoms with Gasteiger partial charge in [0, 0.05) is 11.4 Å². The molecule has 8 nitrogen and oxygen atoms in total. The Morgan fingerprint density at radius 1 is 1.38 bits per heavy atom. The Hall–Kier alpha value is -1.62. The summed E-state index contributed by atoms with van der Waals surface area (Å²) in [6, 6.07) is 0. The number of hydrogen-bond acceptors (Lipinski definition) is 7. The van der Waals surface area contributed by atoms with Crippen molar-refractivity contribution >= 4 is 37.9 Å². The first kappa shape index (κ1) is 26.6. The maximum atomic E-state index is 13.2. The highest BCUT2D eigenvalue weighted by atomic mass is 32.2. The van der Waals surface area contributed by atoms with Crippen LogP contribution in [0.4, 0.5) is 0 Å². The zero-order chi connectivity index (χ0) is 24.4. The average molecular weight is 484 g/mol. The summed E-state index contributed by atoms with van der Waals surface area (Å²) in [7, 11) is -2.07. The number of primary amides is 1. The van der Waals surface area contributed by atoms with Gasteiger partial charge >= 0.3 is 5.97 Å². The van der Waals surface area contributed by atoms with Crippen LogP contribution in [-0.4, -0.2) is 73.6 Å². The normalized spacial score (nSPS) is 22.0. The molecule has 2 amide bonds. The number of likely N-dealkylation sites (N-methyl/N-ethyl adjacent to an activating group) is 1. The molecule has 2 rings (SSSR count). The maximum absolute atomic E-state index is 13.2. The standard InChI is InChI=1S/C22H37N3O5SSi/c1-9-11-29-21(28)18-15(12-24(10-2)13-16(23)26)31-20-17(19(27)25(18)20)14(3)30-32(7,8)22(4,5)6/h9,14,17,20H,1,10-13H2,2-8H3,(H2,23,26)/t14-,17+,20-/m1/s1. The van der Waals surface area contributed by atoms with Crippen molar-refractivity contribution in [1.29, 1.82) is 0 Å². The van der Waals surface area contributed by atoms with Crippen LogP contribution in [0.1, 0.15) is 34.6 Å². The van der Waals surface area contributed by atoms with Gasteiger partial charge in [-0.25, -0.2) is 4.79 Å². The molecule has 0 bridgehead atoms. The van der Waals surface area contributed by atoms with Gasteiger partial charge in [-0.1, -0.05) is 40.3 Å². The minimum atomic E-state index is -2.07. The smallest absolute Gasteiger partial charge is 0.356 e. The monoisotopic (exact) mass is 483 g/mol. The molecule has 2 N–H and O–H groups in total. The van der Waals surface area contributed by atoms with Crippen molar-refractivity contribution in [3.05, 3.63) is 23.3 Å². The quantitative estimate of drug-likeness (QED) is 0.209. The van der Waals surface area contributed by atoms with Gasteiger partial charge < -0.3 is 14.9 Å². The fraction of sp³-hybridized carbons (Fsp3) is 0.682. The minimum Gasteiger partial charge on any atom is -0.457 e. The number of carbonyl (C=O) groups is 3. The van der Waals surface area contributed by atoms with E-state index in [0.717, 1.165) is 0 Å². The van der Waals surface area contributed by atoms with Gasteiger partial charge in [-0.2, -0.15) is 0 Å². The predicted octanol–water partition coefficient (Wildman–Crippen LogP) is 2.68. The Bertz CT molecular complexity index is 808. The number of carbonyl (C=O) groups excluding carboxylic acids is 3. The number of fused-ring (bicyclic) bond motifs is 1. The lowest BCUT2D eigenvalue weighted by atomic mass is 9.92. The largest absolute Gasteiger partial charge is 0.457 e. The van der Waals surface area contributed by atoms with E-state index in [2.05, 4.69) is 40.4 Å². The topological polar surface area (TPSA) is 102 Å². The Morgan fingerprint density at radius 2 is 2.00 bits per heavy atom. The van der Waals surface area contributed by atoms with Crippen LogP contribution in [0.25, 0.3) is 0 Å². The minimum absolute atomic E-state index is 0.0238. The van der Waals surface area contributed by atoms with Gasteiger partial charge in [-0.3, -0.25) is 19.4 Å². The molecule has 1 fully saturated rings. The van der Waals surface area contributed by atoms with E-state index in [1.54, 1.807) is 0 Å². The highest BCUT2D eigenvalue weighted by Gasteiger charge is 2.59. The van der Waals surface area contributed by atoms with Gasteiger partial charge in [0.15, 0.2) is 8.32 Å². The third-order valence-corrected chi connectivity index (χ3v) is 12.3. The SMILES string of the molecule is C=CCOC(=O)C1=C(CN(CC)CC(N)=O)S[C@@H]2[C@@H]([C@@H](C)O[Si](C)(C)C(C)(C)C)C(=O)N12. The van der Waals surface area contributed by atoms with Crippen molar-refractivity contribution in [3.8, 4) is 0 Å². The third-order valence-electron chi connectivity index (χ3n) is 6.36. The fourth-order valence-corrected chi connectivity index (χ4v) is 6.63. The van der Waals surface area contributed by atoms with Gasteiger partial charge in [0.05, 0.1) is 18.6 Å². The van der Waals surface area contributed by atoms with E-state index in [-0.39, 0.29) is 47.2 Å². The van der Waals surface area contributed by atoms with Crippen LogP contribution in [-0.2, 0) is 23.5 Å². The average Bonchev–Trinajstić information content (AvgIpc) is 2.97. The summed E-state index contributed by atoms with van der Waals surface area (Å²) >= 11 is 1.47. The number of thioether (sulfide) groups is 1. The van der Waals surface area contributed by atoms with Crippen molar-refractivity contribution in [2.45, 2.75) is 64.2 Å². The van der Waals surface area contributed by atoms with E-state index in [0.29, 0.717) is 18.0 Å². The van der Waals surface area contributed by atoms with Crippen LogP contribution in [0.15, 0.2) is 23.3 Å². The van der Waals surface area contributed by atoms with Crippen molar-refractivity contribution in [1.82, 2.24) is 9.80 Å². The number of amides is 2. The summed E-state index contributed by atoms with van der Waals surface area (Å²) in [6.07, 6.45) is 1.22. The number of nitrogens with zero attached hydrogens (tertiary/aromatic N) is 2. The highest BCUT2D eigenvalue weighted by Crippen LogP contribution is 2.52. The lowest BCUT2D eigenvalue weighted by molar-refractivity contribution is -0.157. The first-order chi connectivity index (χ1) is 14.7. The molecular formula is C22H37N3O5SSi. The first-order valence-corrected chi connectivity index (χ1v) is 14.7. The Kier molecular flexibility index (Phi) is 8.41. The third kappa shape index (κ3) is 5.47. The van der Waals surface area contributed by atoms with E-state index in [9.17, 15) is 14.4 Å². The molecule has 10 heteroatoms. The zero-order valence-corrected chi connectivity index (χ0v) is 22.1. The molecule has 0 unspecified atom stereocenters. The van der Waals surface area contributed by atoms with E-state index < -0.39 is 20.2 Å². The molecule has 0 saturated carbocycles. The lowest BCUT2D eigenvalue weighted by Crippen LogP contribution is -2.62. The Morgan fingerprint density at radius 3 is 2.50 bits per heavy atom. The number of rotatable bonds is 11. The second-order valence-corrected chi connectivity index (χ2v) is 15.7. The molecule has 2 aliphatic rings. The Balaban J connectivity index is 2.26. The summed E-state index contributed by atoms with van der Waals surface area (Å²) in [5.74, 6) is -1.48. The molecule has 0 aromatic rings. The van der Waals surface area contributed by atoms with E-state index in [1.807, 2.05) is 18.7 Å². The summed E-state index contributed by atoms with van der Waals surface area (Å²) in [4.78, 5) is 41.5. The number of hydrogen-bond donors (Lipinski definition) is 1. The van der Waals surface area contributed by atoms with Gasteiger partial charge in [0.2, 0.25) is 11.8 Å². The van der Waals surface area contributed by atoms with Gasteiger partial charge in [0.25, 0.3) is 0 Å². The summed E-state index contributed by atoms with van der Waals surface area (Å²) in [5, 5.41) is -0.202. The maximum Gasteiger partial charge on any atom is 0.356 e. The molecule has 0 spiro atoms. The van der Waals surface area contributed by atoms with Crippen molar-refractivity contribution in [2.75, 3.05) is 26.2 Å². The summed E-state index contributed by atoms with van der Waals surface area (Å²) < 4.78 is 11.8. The van der Waals surface area contributed by atoms with E-state index >= 15 is 0 Å². The zero-order valence-electron chi connectivity index (χ0n) is 20.3. The van der Waals surface area contributed by atoms with E-state index in [4.69, 9.17) is 14.9 Å². The molecular weight excluding hydrogens is 446 g/mol. The molecule has 0 aromatic carbocycles. The molecule has 2 aliphatic heterocycles. The van der Waals surface area contributed by atoms with E-state index in [1.165, 1.54) is 22.7 Å². The number of ether oxygens (including phenoxy) is 1. The molecule has 180 valence electrons.